The molecule has 4 heteroatoms. The molecular formula is C18H19N2OS+. The second-order valence-corrected chi connectivity index (χ2v) is 6.30. The van der Waals surface area contributed by atoms with Crippen LogP contribution in [0.4, 0.5) is 5.69 Å². The Balaban J connectivity index is 1.65. The number of fused-ring (bicyclic) bond motifs is 1. The topological polar surface area (TPSA) is 33.5 Å². The van der Waals surface area contributed by atoms with Crippen molar-refractivity contribution < 1.29 is 9.69 Å². The minimum absolute atomic E-state index is 0.0454. The Hall–Kier alpha value is -2.17. The van der Waals surface area contributed by atoms with Crippen LogP contribution in [0.3, 0.4) is 0 Å². The number of amides is 1. The van der Waals surface area contributed by atoms with Crippen molar-refractivity contribution in [3.63, 3.8) is 0 Å². The number of benzene rings is 2. The lowest BCUT2D eigenvalue weighted by molar-refractivity contribution is -0.885. The van der Waals surface area contributed by atoms with E-state index in [1.165, 1.54) is 10.5 Å². The lowest BCUT2D eigenvalue weighted by Gasteiger charge is -2.14. The molecule has 112 valence electrons. The van der Waals surface area contributed by atoms with Crippen LogP contribution in [0, 0.1) is 0 Å². The summed E-state index contributed by atoms with van der Waals surface area (Å²) in [5, 5.41) is 9.45. The highest BCUT2D eigenvalue weighted by atomic mass is 32.1. The van der Waals surface area contributed by atoms with E-state index in [2.05, 4.69) is 34.3 Å². The van der Waals surface area contributed by atoms with E-state index in [4.69, 9.17) is 0 Å². The zero-order chi connectivity index (χ0) is 15.4. The Morgan fingerprint density at radius 1 is 1.14 bits per heavy atom. The Morgan fingerprint density at radius 3 is 2.77 bits per heavy atom. The third kappa shape index (κ3) is 3.53. The van der Waals surface area contributed by atoms with Crippen molar-refractivity contribution >= 4 is 33.7 Å². The molecule has 0 saturated heterocycles. The van der Waals surface area contributed by atoms with Gasteiger partial charge in [0.15, 0.2) is 6.54 Å². The average Bonchev–Trinajstić information content (AvgIpc) is 3.00. The summed E-state index contributed by atoms with van der Waals surface area (Å²) in [6.45, 7) is 1.32. The van der Waals surface area contributed by atoms with E-state index in [-0.39, 0.29) is 5.91 Å². The van der Waals surface area contributed by atoms with Crippen LogP contribution in [-0.4, -0.2) is 19.5 Å². The van der Waals surface area contributed by atoms with Crippen molar-refractivity contribution in [2.24, 2.45) is 0 Å². The molecule has 2 N–H and O–H groups in total. The number of hydrogen-bond acceptors (Lipinski definition) is 2. The molecule has 0 aliphatic carbocycles. The number of thiophene rings is 1. The molecular weight excluding hydrogens is 292 g/mol. The Kier molecular flexibility index (Phi) is 4.51. The highest BCUT2D eigenvalue weighted by Crippen LogP contribution is 2.22. The van der Waals surface area contributed by atoms with E-state index in [0.717, 1.165) is 23.0 Å². The monoisotopic (exact) mass is 311 g/mol. The van der Waals surface area contributed by atoms with Gasteiger partial charge in [-0.25, -0.2) is 0 Å². The first kappa shape index (κ1) is 14.8. The summed E-state index contributed by atoms with van der Waals surface area (Å²) < 4.78 is 0. The van der Waals surface area contributed by atoms with E-state index in [1.54, 1.807) is 11.3 Å². The fourth-order valence-electron chi connectivity index (χ4n) is 2.61. The van der Waals surface area contributed by atoms with Gasteiger partial charge >= 0.3 is 0 Å². The minimum Gasteiger partial charge on any atom is -0.326 e. The Bertz CT molecular complexity index is 762. The predicted octanol–water partition coefficient (Wildman–Crippen LogP) is 2.55. The Morgan fingerprint density at radius 2 is 1.95 bits per heavy atom. The molecule has 1 amide bonds. The molecule has 22 heavy (non-hydrogen) atoms. The molecule has 0 bridgehead atoms. The van der Waals surface area contributed by atoms with Crippen molar-refractivity contribution in [1.82, 2.24) is 0 Å². The summed E-state index contributed by atoms with van der Waals surface area (Å²) in [7, 11) is 2.04. The smallest absolute Gasteiger partial charge is 0.279 e. The van der Waals surface area contributed by atoms with E-state index >= 15 is 0 Å². The molecule has 0 saturated carbocycles. The third-order valence-electron chi connectivity index (χ3n) is 3.61. The Labute approximate surface area is 134 Å². The first-order valence-electron chi connectivity index (χ1n) is 7.32. The fourth-order valence-corrected chi connectivity index (χ4v) is 3.28. The van der Waals surface area contributed by atoms with Crippen LogP contribution in [0.25, 0.3) is 10.8 Å². The molecule has 1 unspecified atom stereocenters. The fraction of sp³-hybridized carbons (Fsp3) is 0.167. The number of anilines is 1. The molecule has 0 radical (unpaired) electrons. The summed E-state index contributed by atoms with van der Waals surface area (Å²) in [5.41, 5.74) is 2.16. The number of quaternary nitrogens is 1. The van der Waals surface area contributed by atoms with Crippen molar-refractivity contribution in [3.05, 3.63) is 64.9 Å². The molecule has 0 spiro atoms. The number of carbonyl (C=O) groups excluding carboxylic acids is 1. The molecule has 1 atom stereocenters. The van der Waals surface area contributed by atoms with Crippen molar-refractivity contribution in [3.8, 4) is 0 Å². The molecule has 2 aromatic carbocycles. The van der Waals surface area contributed by atoms with Gasteiger partial charge in [-0.1, -0.05) is 36.4 Å². The zero-order valence-electron chi connectivity index (χ0n) is 12.5. The van der Waals surface area contributed by atoms with Gasteiger partial charge < -0.3 is 10.2 Å². The molecule has 1 aromatic heterocycles. The second-order valence-electron chi connectivity index (χ2n) is 5.52. The zero-order valence-corrected chi connectivity index (χ0v) is 13.3. The lowest BCUT2D eigenvalue weighted by Crippen LogP contribution is -3.08. The maximum absolute atomic E-state index is 12.3. The molecule has 3 aromatic rings. The highest BCUT2D eigenvalue weighted by molar-refractivity contribution is 7.07. The van der Waals surface area contributed by atoms with E-state index in [1.807, 2.05) is 37.4 Å². The van der Waals surface area contributed by atoms with Gasteiger partial charge in [0.1, 0.15) is 6.54 Å². The van der Waals surface area contributed by atoms with Crippen LogP contribution in [0.1, 0.15) is 5.56 Å². The van der Waals surface area contributed by atoms with Crippen LogP contribution >= 0.6 is 11.3 Å². The van der Waals surface area contributed by atoms with Crippen molar-refractivity contribution in [2.75, 3.05) is 18.9 Å². The summed E-state index contributed by atoms with van der Waals surface area (Å²) in [6, 6.07) is 16.2. The van der Waals surface area contributed by atoms with Gasteiger partial charge in [-0.15, -0.1) is 0 Å². The van der Waals surface area contributed by atoms with Gasteiger partial charge in [-0.05, 0) is 28.3 Å². The highest BCUT2D eigenvalue weighted by Gasteiger charge is 2.12. The van der Waals surface area contributed by atoms with Gasteiger partial charge in [0.2, 0.25) is 0 Å². The van der Waals surface area contributed by atoms with Crippen LogP contribution in [0.2, 0.25) is 0 Å². The van der Waals surface area contributed by atoms with Gasteiger partial charge in [0, 0.05) is 16.6 Å². The number of carbonyl (C=O) groups is 1. The standard InChI is InChI=1S/C18H18N2OS/c1-20(11-14-9-10-22-13-14)12-18(21)19-17-8-4-6-15-5-2-3-7-16(15)17/h2-10,13H,11-12H2,1H3,(H,19,21)/p+1. The third-order valence-corrected chi connectivity index (χ3v) is 4.34. The van der Waals surface area contributed by atoms with Gasteiger partial charge in [-0.3, -0.25) is 4.79 Å². The number of nitrogens with one attached hydrogen (secondary N) is 2. The number of hydrogen-bond donors (Lipinski definition) is 2. The summed E-state index contributed by atoms with van der Waals surface area (Å²) in [6.07, 6.45) is 0. The number of likely N-dealkylation sites (N-methyl/N-ethyl adjacent to an activating group) is 1. The minimum atomic E-state index is 0.0454. The largest absolute Gasteiger partial charge is 0.326 e. The SMILES string of the molecule is C[NH+](CC(=O)Nc1cccc2ccccc12)Cc1ccsc1. The molecule has 3 nitrogen and oxygen atoms in total. The van der Waals surface area contributed by atoms with Gasteiger partial charge in [0.05, 0.1) is 7.05 Å². The van der Waals surface area contributed by atoms with Gasteiger partial charge in [-0.2, -0.15) is 11.3 Å². The first-order chi connectivity index (χ1) is 10.7. The van der Waals surface area contributed by atoms with E-state index in [9.17, 15) is 4.79 Å². The molecule has 1 heterocycles. The predicted molar refractivity (Wildman–Crippen MR) is 92.4 cm³/mol. The van der Waals surface area contributed by atoms with Crippen LogP contribution in [0.15, 0.2) is 59.3 Å². The maximum Gasteiger partial charge on any atom is 0.279 e. The molecule has 3 rings (SSSR count). The van der Waals surface area contributed by atoms with Crippen molar-refractivity contribution in [1.29, 1.82) is 0 Å². The summed E-state index contributed by atoms with van der Waals surface area (Å²) in [4.78, 5) is 13.4. The van der Waals surface area contributed by atoms with Crippen molar-refractivity contribution in [2.45, 2.75) is 6.54 Å². The number of rotatable bonds is 5. The molecule has 0 fully saturated rings. The summed E-state index contributed by atoms with van der Waals surface area (Å²) in [5.74, 6) is 0.0454. The second kappa shape index (κ2) is 6.73. The lowest BCUT2D eigenvalue weighted by atomic mass is 10.1. The average molecular weight is 311 g/mol. The maximum atomic E-state index is 12.3. The molecule has 0 aliphatic rings. The van der Waals surface area contributed by atoms with E-state index < -0.39 is 0 Å². The van der Waals surface area contributed by atoms with Crippen LogP contribution < -0.4 is 10.2 Å². The van der Waals surface area contributed by atoms with Gasteiger partial charge in [0.25, 0.3) is 5.91 Å². The summed E-state index contributed by atoms with van der Waals surface area (Å²) >= 11 is 1.69. The molecule has 0 aliphatic heterocycles. The van der Waals surface area contributed by atoms with Crippen LogP contribution in [-0.2, 0) is 11.3 Å². The normalized spacial score (nSPS) is 12.2. The quantitative estimate of drug-likeness (QED) is 0.746. The van der Waals surface area contributed by atoms with Crippen LogP contribution in [0.5, 0.6) is 0 Å². The van der Waals surface area contributed by atoms with E-state index in [0.29, 0.717) is 6.54 Å². The first-order valence-corrected chi connectivity index (χ1v) is 8.26.